The first kappa shape index (κ1) is 15.5. The minimum atomic E-state index is -2.61. The molecule has 2 aromatic rings. The fraction of sp³-hybridized carbons (Fsp3) is 0.412. The lowest BCUT2D eigenvalue weighted by Crippen LogP contribution is -2.34. The van der Waals surface area contributed by atoms with Crippen molar-refractivity contribution < 1.29 is 8.78 Å². The zero-order valence-electron chi connectivity index (χ0n) is 13.1. The topological polar surface area (TPSA) is 67.6 Å². The number of benzene rings is 1. The Labute approximate surface area is 133 Å². The molecule has 1 aliphatic rings. The number of nitrogens with zero attached hydrogens (tertiary/aromatic N) is 3. The fourth-order valence-corrected chi connectivity index (χ4v) is 3.04. The van der Waals surface area contributed by atoms with Crippen LogP contribution in [0.2, 0.25) is 0 Å². The smallest absolute Gasteiger partial charge is 0.249 e. The van der Waals surface area contributed by atoms with Crippen molar-refractivity contribution in [3.63, 3.8) is 0 Å². The van der Waals surface area contributed by atoms with Crippen LogP contribution in [0.4, 0.5) is 14.6 Å². The molecule has 4 nitrogen and oxygen atoms in total. The van der Waals surface area contributed by atoms with Gasteiger partial charge >= 0.3 is 0 Å². The number of rotatable bonds is 3. The number of aromatic nitrogens is 2. The number of hydrogen-bond donors (Lipinski definition) is 1. The van der Waals surface area contributed by atoms with Gasteiger partial charge in [0.1, 0.15) is 5.82 Å². The largest absolute Gasteiger partial charge is 0.384 e. The van der Waals surface area contributed by atoms with Gasteiger partial charge in [-0.3, -0.25) is 0 Å². The van der Waals surface area contributed by atoms with Crippen molar-refractivity contribution >= 4 is 5.82 Å². The summed E-state index contributed by atoms with van der Waals surface area (Å²) in [5.41, 5.74) is 8.88. The third-order valence-electron chi connectivity index (χ3n) is 4.26. The Balaban J connectivity index is 2.07. The second-order valence-electron chi connectivity index (χ2n) is 6.34. The van der Waals surface area contributed by atoms with Gasteiger partial charge in [-0.25, -0.2) is 13.5 Å². The molecule has 1 aromatic carbocycles. The van der Waals surface area contributed by atoms with Crippen LogP contribution in [0, 0.1) is 11.3 Å². The van der Waals surface area contributed by atoms with Crippen LogP contribution >= 0.6 is 0 Å². The van der Waals surface area contributed by atoms with Crippen LogP contribution in [-0.2, 0) is 0 Å². The summed E-state index contributed by atoms with van der Waals surface area (Å²) in [7, 11) is 0. The van der Waals surface area contributed by atoms with Gasteiger partial charge in [-0.05, 0) is 26.0 Å². The third-order valence-corrected chi connectivity index (χ3v) is 4.26. The van der Waals surface area contributed by atoms with E-state index in [-0.39, 0.29) is 24.8 Å². The van der Waals surface area contributed by atoms with Gasteiger partial charge in [0.25, 0.3) is 0 Å². The van der Waals surface area contributed by atoms with Crippen molar-refractivity contribution in [3.8, 4) is 17.3 Å². The molecule has 1 aromatic heterocycles. The van der Waals surface area contributed by atoms with Crippen LogP contribution in [0.25, 0.3) is 11.3 Å². The first-order chi connectivity index (χ1) is 10.8. The summed E-state index contributed by atoms with van der Waals surface area (Å²) in [6, 6.07) is 9.06. The van der Waals surface area contributed by atoms with Crippen LogP contribution in [0.15, 0.2) is 24.3 Å². The molecule has 1 aliphatic carbocycles. The second kappa shape index (κ2) is 5.34. The maximum absolute atomic E-state index is 13.3. The Bertz CT molecular complexity index is 761. The standard InChI is InChI=1S/C17H18F2N4/c1-10(2)23-16(21)14(13-7-17(18,19)8-13)15(22-23)12-5-3-11(9-20)4-6-12/h3-6,10,13H,7-8,21H2,1-2H3. The van der Waals surface area contributed by atoms with E-state index in [1.165, 1.54) is 0 Å². The van der Waals surface area contributed by atoms with Crippen LogP contribution in [0.3, 0.4) is 0 Å². The highest BCUT2D eigenvalue weighted by Crippen LogP contribution is 2.52. The van der Waals surface area contributed by atoms with Crippen molar-refractivity contribution in [3.05, 3.63) is 35.4 Å². The molecule has 1 heterocycles. The van der Waals surface area contributed by atoms with E-state index in [9.17, 15) is 8.78 Å². The Morgan fingerprint density at radius 1 is 1.30 bits per heavy atom. The fourth-order valence-electron chi connectivity index (χ4n) is 3.04. The molecular weight excluding hydrogens is 298 g/mol. The van der Waals surface area contributed by atoms with Crippen LogP contribution in [0.5, 0.6) is 0 Å². The summed E-state index contributed by atoms with van der Waals surface area (Å²) >= 11 is 0. The van der Waals surface area contributed by atoms with E-state index in [1.807, 2.05) is 13.8 Å². The number of hydrogen-bond acceptors (Lipinski definition) is 3. The summed E-state index contributed by atoms with van der Waals surface area (Å²) in [4.78, 5) is 0. The van der Waals surface area contributed by atoms with Gasteiger partial charge in [0.15, 0.2) is 0 Å². The maximum atomic E-state index is 13.3. The van der Waals surface area contributed by atoms with Gasteiger partial charge in [0, 0.05) is 35.9 Å². The minimum Gasteiger partial charge on any atom is -0.384 e. The molecule has 0 spiro atoms. The molecule has 1 fully saturated rings. The van der Waals surface area contributed by atoms with E-state index in [2.05, 4.69) is 11.2 Å². The lowest BCUT2D eigenvalue weighted by Gasteiger charge is -2.35. The van der Waals surface area contributed by atoms with E-state index < -0.39 is 5.92 Å². The highest BCUT2D eigenvalue weighted by Gasteiger charge is 2.48. The monoisotopic (exact) mass is 316 g/mol. The summed E-state index contributed by atoms with van der Waals surface area (Å²) in [5.74, 6) is -2.43. The molecule has 3 rings (SSSR count). The minimum absolute atomic E-state index is 0.0430. The van der Waals surface area contributed by atoms with Crippen molar-refractivity contribution in [2.75, 3.05) is 5.73 Å². The average molecular weight is 316 g/mol. The maximum Gasteiger partial charge on any atom is 0.249 e. The molecular formula is C17H18F2N4. The Morgan fingerprint density at radius 2 is 1.91 bits per heavy atom. The van der Waals surface area contributed by atoms with Gasteiger partial charge in [-0.15, -0.1) is 0 Å². The highest BCUT2D eigenvalue weighted by atomic mass is 19.3. The molecule has 0 radical (unpaired) electrons. The molecule has 0 saturated heterocycles. The van der Waals surface area contributed by atoms with E-state index in [0.29, 0.717) is 22.6 Å². The van der Waals surface area contributed by atoms with Crippen LogP contribution in [-0.4, -0.2) is 15.7 Å². The Hall–Kier alpha value is -2.42. The molecule has 2 N–H and O–H groups in total. The normalized spacial score (nSPS) is 17.0. The number of halogens is 2. The summed E-state index contributed by atoms with van der Waals surface area (Å²) in [6.45, 7) is 3.90. The molecule has 0 bridgehead atoms. The molecule has 6 heteroatoms. The lowest BCUT2D eigenvalue weighted by molar-refractivity contribution is -0.0864. The number of nitriles is 1. The van der Waals surface area contributed by atoms with Crippen LogP contribution in [0.1, 0.15) is 49.8 Å². The van der Waals surface area contributed by atoms with E-state index >= 15 is 0 Å². The molecule has 0 unspecified atom stereocenters. The molecule has 0 atom stereocenters. The van der Waals surface area contributed by atoms with E-state index in [1.54, 1.807) is 28.9 Å². The van der Waals surface area contributed by atoms with Crippen LogP contribution < -0.4 is 5.73 Å². The predicted octanol–water partition coefficient (Wildman–Crippen LogP) is 4.10. The molecule has 23 heavy (non-hydrogen) atoms. The van der Waals surface area contributed by atoms with Crippen molar-refractivity contribution in [1.29, 1.82) is 5.26 Å². The lowest BCUT2D eigenvalue weighted by atomic mass is 9.76. The summed E-state index contributed by atoms with van der Waals surface area (Å²) < 4.78 is 28.3. The number of nitrogens with two attached hydrogens (primary N) is 1. The van der Waals surface area contributed by atoms with Gasteiger partial charge in [0.05, 0.1) is 17.3 Å². The highest BCUT2D eigenvalue weighted by molar-refractivity contribution is 5.70. The predicted molar refractivity (Wildman–Crippen MR) is 84.1 cm³/mol. The molecule has 120 valence electrons. The second-order valence-corrected chi connectivity index (χ2v) is 6.34. The van der Waals surface area contributed by atoms with Gasteiger partial charge in [-0.2, -0.15) is 10.4 Å². The van der Waals surface area contributed by atoms with Gasteiger partial charge in [0.2, 0.25) is 5.92 Å². The third kappa shape index (κ3) is 2.67. The molecule has 0 aliphatic heterocycles. The number of alkyl halides is 2. The van der Waals surface area contributed by atoms with E-state index in [0.717, 1.165) is 5.56 Å². The summed E-state index contributed by atoms with van der Waals surface area (Å²) in [6.07, 6.45) is -0.380. The Kier molecular flexibility index (Phi) is 3.59. The molecule has 1 saturated carbocycles. The van der Waals surface area contributed by atoms with Gasteiger partial charge < -0.3 is 5.73 Å². The zero-order valence-corrected chi connectivity index (χ0v) is 13.1. The average Bonchev–Trinajstić information content (AvgIpc) is 2.82. The summed E-state index contributed by atoms with van der Waals surface area (Å²) in [5, 5.41) is 13.4. The van der Waals surface area contributed by atoms with Gasteiger partial charge in [-0.1, -0.05) is 12.1 Å². The van der Waals surface area contributed by atoms with Crippen molar-refractivity contribution in [2.24, 2.45) is 0 Å². The number of anilines is 1. The SMILES string of the molecule is CC(C)n1nc(-c2ccc(C#N)cc2)c(C2CC(F)(F)C2)c1N. The first-order valence-corrected chi connectivity index (χ1v) is 7.58. The van der Waals surface area contributed by atoms with Crippen molar-refractivity contribution in [1.82, 2.24) is 9.78 Å². The Morgan fingerprint density at radius 3 is 2.39 bits per heavy atom. The quantitative estimate of drug-likeness (QED) is 0.927. The van der Waals surface area contributed by atoms with E-state index in [4.69, 9.17) is 11.0 Å². The first-order valence-electron chi connectivity index (χ1n) is 7.58. The zero-order chi connectivity index (χ0) is 16.8. The number of nitrogen functional groups attached to an aromatic ring is 1. The molecule has 0 amide bonds. The van der Waals surface area contributed by atoms with Crippen molar-refractivity contribution in [2.45, 2.75) is 44.6 Å².